The van der Waals surface area contributed by atoms with Crippen molar-refractivity contribution < 1.29 is 31.0 Å². The molecule has 0 bridgehead atoms. The molecule has 0 aromatic heterocycles. The molecule has 2 aliphatic rings. The highest BCUT2D eigenvalue weighted by molar-refractivity contribution is 7.98. The van der Waals surface area contributed by atoms with Crippen LogP contribution in [-0.4, -0.2) is 37.4 Å². The van der Waals surface area contributed by atoms with Crippen LogP contribution in [0.5, 0.6) is 11.5 Å². The monoisotopic (exact) mass is 315 g/mol. The number of fused-ring (bicyclic) bond motifs is 2. The Morgan fingerprint density at radius 1 is 1.35 bits per heavy atom. The molecular formula is C12H14BrNO2S. The topological polar surface area (TPSA) is 21.5 Å². The van der Waals surface area contributed by atoms with Crippen LogP contribution in [0.3, 0.4) is 0 Å². The van der Waals surface area contributed by atoms with Crippen molar-refractivity contribution >= 4 is 18.0 Å². The minimum Gasteiger partial charge on any atom is -1.00 e. The van der Waals surface area contributed by atoms with Gasteiger partial charge >= 0.3 is 0 Å². The number of rotatable bonds is 1. The Kier molecular flexibility index (Phi) is 3.68. The zero-order valence-corrected chi connectivity index (χ0v) is 12.2. The number of halogens is 1. The molecule has 0 atom stereocenters. The van der Waals surface area contributed by atoms with Gasteiger partial charge in [-0.1, -0.05) is 0 Å². The van der Waals surface area contributed by atoms with E-state index in [0.29, 0.717) is 6.79 Å². The first-order valence-corrected chi connectivity index (χ1v) is 6.56. The molecule has 92 valence electrons. The second kappa shape index (κ2) is 4.90. The lowest BCUT2D eigenvalue weighted by atomic mass is 10.0. The zero-order valence-electron chi connectivity index (χ0n) is 9.83. The molecule has 0 fully saturated rings. The number of benzene rings is 1. The van der Waals surface area contributed by atoms with Gasteiger partial charge in [0.2, 0.25) is 6.79 Å². The number of hydrogen-bond donors (Lipinski definition) is 0. The summed E-state index contributed by atoms with van der Waals surface area (Å²) in [6, 6.07) is 2.13. The van der Waals surface area contributed by atoms with Crippen LogP contribution in [0.1, 0.15) is 11.1 Å². The van der Waals surface area contributed by atoms with Gasteiger partial charge in [0, 0.05) is 6.42 Å². The maximum atomic E-state index is 5.54. The molecule has 5 heteroatoms. The molecule has 0 saturated heterocycles. The van der Waals surface area contributed by atoms with Crippen LogP contribution in [0.25, 0.3) is 0 Å². The Morgan fingerprint density at radius 2 is 2.18 bits per heavy atom. The van der Waals surface area contributed by atoms with E-state index in [0.717, 1.165) is 24.5 Å². The van der Waals surface area contributed by atoms with E-state index in [1.165, 1.54) is 16.0 Å². The first-order valence-electron chi connectivity index (χ1n) is 5.34. The van der Waals surface area contributed by atoms with Gasteiger partial charge in [-0.05, 0) is 17.9 Å². The summed E-state index contributed by atoms with van der Waals surface area (Å²) in [5, 5.41) is 0. The van der Waals surface area contributed by atoms with Crippen LogP contribution >= 0.6 is 11.8 Å². The maximum absolute atomic E-state index is 5.54. The van der Waals surface area contributed by atoms with Crippen molar-refractivity contribution in [3.63, 3.8) is 0 Å². The average molecular weight is 316 g/mol. The van der Waals surface area contributed by atoms with E-state index in [2.05, 4.69) is 30.2 Å². The Hall–Kier alpha value is -0.680. The summed E-state index contributed by atoms with van der Waals surface area (Å²) in [5.41, 5.74) is 2.66. The highest BCUT2D eigenvalue weighted by atomic mass is 79.9. The predicted octanol–water partition coefficient (Wildman–Crippen LogP) is -1.24. The summed E-state index contributed by atoms with van der Waals surface area (Å²) >= 11 is 1.73. The fraction of sp³-hybridized carbons (Fsp3) is 0.417. The van der Waals surface area contributed by atoms with Gasteiger partial charge in [0.25, 0.3) is 0 Å². The number of ether oxygens (including phenoxy) is 2. The van der Waals surface area contributed by atoms with E-state index < -0.39 is 0 Å². The highest BCUT2D eigenvalue weighted by Gasteiger charge is 2.26. The minimum atomic E-state index is 0. The lowest BCUT2D eigenvalue weighted by Crippen LogP contribution is -3.00. The molecule has 2 aliphatic heterocycles. The molecule has 0 spiro atoms. The molecule has 0 N–H and O–H groups in total. The van der Waals surface area contributed by atoms with Crippen LogP contribution in [0.4, 0.5) is 0 Å². The molecule has 0 radical (unpaired) electrons. The van der Waals surface area contributed by atoms with E-state index in [4.69, 9.17) is 9.47 Å². The molecule has 17 heavy (non-hydrogen) atoms. The van der Waals surface area contributed by atoms with Crippen molar-refractivity contribution in [1.29, 1.82) is 0 Å². The van der Waals surface area contributed by atoms with Gasteiger partial charge in [-0.15, -0.1) is 11.8 Å². The van der Waals surface area contributed by atoms with Crippen molar-refractivity contribution in [3.8, 4) is 11.5 Å². The van der Waals surface area contributed by atoms with E-state index >= 15 is 0 Å². The maximum Gasteiger partial charge on any atom is 0.231 e. The van der Waals surface area contributed by atoms with Gasteiger partial charge in [-0.2, -0.15) is 0 Å². The van der Waals surface area contributed by atoms with E-state index in [-0.39, 0.29) is 17.0 Å². The van der Waals surface area contributed by atoms with Crippen molar-refractivity contribution in [2.75, 3.05) is 26.6 Å². The van der Waals surface area contributed by atoms with Gasteiger partial charge in [-0.3, -0.25) is 0 Å². The molecule has 3 nitrogen and oxygen atoms in total. The summed E-state index contributed by atoms with van der Waals surface area (Å²) in [6.07, 6.45) is 5.36. The Morgan fingerprint density at radius 3 is 2.94 bits per heavy atom. The first-order chi connectivity index (χ1) is 7.79. The smallest absolute Gasteiger partial charge is 0.231 e. The van der Waals surface area contributed by atoms with Gasteiger partial charge in [-0.25, -0.2) is 4.58 Å². The number of likely N-dealkylation sites (N-methyl/N-ethyl adjacent to an activating group) is 1. The van der Waals surface area contributed by atoms with Gasteiger partial charge in [0.1, 0.15) is 13.6 Å². The molecule has 1 aromatic rings. The highest BCUT2D eigenvalue weighted by Crippen LogP contribution is 2.44. The van der Waals surface area contributed by atoms with E-state index in [1.54, 1.807) is 11.8 Å². The quantitative estimate of drug-likeness (QED) is 0.478. The normalized spacial score (nSPS) is 16.0. The van der Waals surface area contributed by atoms with Crippen LogP contribution in [0.15, 0.2) is 11.0 Å². The van der Waals surface area contributed by atoms with E-state index in [9.17, 15) is 0 Å². The lowest BCUT2D eigenvalue weighted by Gasteiger charge is -2.14. The molecule has 0 amide bonds. The van der Waals surface area contributed by atoms with Crippen LogP contribution in [-0.2, 0) is 6.42 Å². The fourth-order valence-corrected chi connectivity index (χ4v) is 2.96. The van der Waals surface area contributed by atoms with Crippen molar-refractivity contribution in [2.45, 2.75) is 11.3 Å². The second-order valence-corrected chi connectivity index (χ2v) is 4.89. The van der Waals surface area contributed by atoms with Crippen molar-refractivity contribution in [1.82, 2.24) is 0 Å². The number of thioether (sulfide) groups is 1. The number of nitrogens with zero attached hydrogens (tertiary/aromatic N) is 1. The van der Waals surface area contributed by atoms with Crippen LogP contribution in [0, 0.1) is 0 Å². The van der Waals surface area contributed by atoms with Gasteiger partial charge in [0.05, 0.1) is 10.5 Å². The summed E-state index contributed by atoms with van der Waals surface area (Å²) in [4.78, 5) is 1.21. The summed E-state index contributed by atoms with van der Waals surface area (Å²) in [7, 11) is 2.11. The molecule has 0 saturated carbocycles. The molecule has 3 rings (SSSR count). The molecule has 0 unspecified atom stereocenters. The van der Waals surface area contributed by atoms with Gasteiger partial charge < -0.3 is 26.5 Å². The standard InChI is InChI=1S/C12H14NO2S.BrH/c1-13-4-3-8-5-10-11(15-7-14-10)12(16-2)9(8)6-13;/h5-6H,3-4,7H2,1-2H3;1H/q+1;/p-1. The second-order valence-electron chi connectivity index (χ2n) is 4.08. The average Bonchev–Trinajstić information content (AvgIpc) is 2.73. The third-order valence-corrected chi connectivity index (χ3v) is 3.84. The number of hydrogen-bond acceptors (Lipinski definition) is 3. The van der Waals surface area contributed by atoms with Gasteiger partial charge in [0.15, 0.2) is 17.7 Å². The molecule has 1 aromatic carbocycles. The Bertz CT molecular complexity index is 488. The third-order valence-electron chi connectivity index (χ3n) is 3.03. The van der Waals surface area contributed by atoms with Crippen molar-refractivity contribution in [3.05, 3.63) is 17.2 Å². The minimum absolute atomic E-state index is 0. The summed E-state index contributed by atoms with van der Waals surface area (Å²) in [5.74, 6) is 1.82. The fourth-order valence-electron chi connectivity index (χ4n) is 2.21. The summed E-state index contributed by atoms with van der Waals surface area (Å²) in [6.45, 7) is 1.42. The summed E-state index contributed by atoms with van der Waals surface area (Å²) < 4.78 is 13.2. The van der Waals surface area contributed by atoms with Crippen LogP contribution in [0.2, 0.25) is 0 Å². The van der Waals surface area contributed by atoms with E-state index in [1.807, 2.05) is 0 Å². The van der Waals surface area contributed by atoms with Crippen LogP contribution < -0.4 is 26.5 Å². The first kappa shape index (κ1) is 12.8. The molecule has 0 aliphatic carbocycles. The third kappa shape index (κ3) is 2.06. The molecular weight excluding hydrogens is 302 g/mol. The Labute approximate surface area is 116 Å². The molecule has 2 heterocycles. The SMILES string of the molecule is CSc1c2c(cc3c1OCO3)CC[N+](C)=C2.[Br-]. The Balaban J connectivity index is 0.00000108. The van der Waals surface area contributed by atoms with Crippen molar-refractivity contribution in [2.24, 2.45) is 0 Å². The largest absolute Gasteiger partial charge is 1.00 e. The zero-order chi connectivity index (χ0) is 11.1. The lowest BCUT2D eigenvalue weighted by molar-refractivity contribution is -0.493. The predicted molar refractivity (Wildman–Crippen MR) is 64.3 cm³/mol.